The van der Waals surface area contributed by atoms with Crippen molar-refractivity contribution in [1.82, 2.24) is 14.3 Å². The molecule has 0 amide bonds. The monoisotopic (exact) mass is 317 g/mol. The van der Waals surface area contributed by atoms with Gasteiger partial charge in [-0.15, -0.1) is 6.42 Å². The van der Waals surface area contributed by atoms with E-state index in [-0.39, 0.29) is 18.8 Å². The maximum absolute atomic E-state index is 12.6. The van der Waals surface area contributed by atoms with Gasteiger partial charge >= 0.3 is 5.69 Å². The summed E-state index contributed by atoms with van der Waals surface area (Å²) in [6, 6.07) is 18.5. The molecule has 3 rings (SSSR count). The summed E-state index contributed by atoms with van der Waals surface area (Å²) < 4.78 is 2.31. The Morgan fingerprint density at radius 1 is 0.958 bits per heavy atom. The minimum absolute atomic E-state index is 0.0885. The third-order valence-electron chi connectivity index (χ3n) is 3.59. The van der Waals surface area contributed by atoms with Gasteiger partial charge in [0, 0.05) is 5.56 Å². The predicted molar refractivity (Wildman–Crippen MR) is 92.6 cm³/mol. The van der Waals surface area contributed by atoms with Crippen LogP contribution < -0.4 is 11.2 Å². The van der Waals surface area contributed by atoms with Crippen molar-refractivity contribution in [3.05, 3.63) is 87.1 Å². The van der Waals surface area contributed by atoms with E-state index in [1.165, 1.54) is 4.68 Å². The molecule has 0 fully saturated rings. The second-order valence-electron chi connectivity index (χ2n) is 5.24. The Morgan fingerprint density at radius 3 is 2.21 bits per heavy atom. The van der Waals surface area contributed by atoms with Crippen molar-refractivity contribution in [3.63, 3.8) is 0 Å². The van der Waals surface area contributed by atoms with E-state index in [0.717, 1.165) is 10.1 Å². The highest BCUT2D eigenvalue weighted by molar-refractivity contribution is 5.57. The number of hydrogen-bond acceptors (Lipinski definition) is 3. The first kappa shape index (κ1) is 15.5. The zero-order chi connectivity index (χ0) is 16.9. The van der Waals surface area contributed by atoms with Crippen LogP contribution in [0.2, 0.25) is 0 Å². The summed E-state index contributed by atoms with van der Waals surface area (Å²) in [4.78, 5) is 25.1. The molecular formula is C19H15N3O2. The van der Waals surface area contributed by atoms with Gasteiger partial charge in [0.1, 0.15) is 0 Å². The number of terminal acetylenes is 1. The Morgan fingerprint density at radius 2 is 1.58 bits per heavy atom. The van der Waals surface area contributed by atoms with Crippen molar-refractivity contribution < 1.29 is 0 Å². The summed E-state index contributed by atoms with van der Waals surface area (Å²) in [6.45, 7) is 0.180. The minimum atomic E-state index is -0.513. The van der Waals surface area contributed by atoms with Gasteiger partial charge in [-0.3, -0.25) is 4.79 Å². The fraction of sp³-hybridized carbons (Fsp3) is 0.105. The molecule has 24 heavy (non-hydrogen) atoms. The number of hydrogen-bond donors (Lipinski definition) is 0. The first-order valence-electron chi connectivity index (χ1n) is 7.45. The third kappa shape index (κ3) is 3.03. The number of aromatic nitrogens is 3. The van der Waals surface area contributed by atoms with Crippen LogP contribution in [-0.4, -0.2) is 14.3 Å². The molecule has 3 aromatic rings. The Balaban J connectivity index is 2.19. The highest BCUT2D eigenvalue weighted by Gasteiger charge is 2.14. The lowest BCUT2D eigenvalue weighted by Crippen LogP contribution is -2.42. The zero-order valence-electron chi connectivity index (χ0n) is 12.9. The topological polar surface area (TPSA) is 56.9 Å². The summed E-state index contributed by atoms with van der Waals surface area (Å²) in [7, 11) is 0. The molecule has 0 aliphatic heterocycles. The van der Waals surface area contributed by atoms with Gasteiger partial charge in [0.25, 0.3) is 5.56 Å². The number of benzene rings is 2. The summed E-state index contributed by atoms with van der Waals surface area (Å²) in [6.07, 6.45) is 5.31. The molecule has 2 aromatic carbocycles. The van der Waals surface area contributed by atoms with Crippen LogP contribution in [0.5, 0.6) is 0 Å². The Labute approximate surface area is 138 Å². The predicted octanol–water partition coefficient (Wildman–Crippen LogP) is 1.75. The van der Waals surface area contributed by atoms with Crippen LogP contribution in [0.25, 0.3) is 11.3 Å². The van der Waals surface area contributed by atoms with Gasteiger partial charge in [-0.1, -0.05) is 66.6 Å². The first-order chi connectivity index (χ1) is 11.7. The lowest BCUT2D eigenvalue weighted by molar-refractivity contribution is 0.553. The van der Waals surface area contributed by atoms with E-state index < -0.39 is 11.2 Å². The molecule has 0 saturated heterocycles. The molecule has 5 heteroatoms. The van der Waals surface area contributed by atoms with Crippen LogP contribution in [-0.2, 0) is 13.1 Å². The molecule has 118 valence electrons. The average molecular weight is 317 g/mol. The van der Waals surface area contributed by atoms with E-state index in [1.54, 1.807) is 12.1 Å². The fourth-order valence-electron chi connectivity index (χ4n) is 2.43. The van der Waals surface area contributed by atoms with Crippen LogP contribution in [0.1, 0.15) is 5.56 Å². The van der Waals surface area contributed by atoms with Crippen LogP contribution in [0.4, 0.5) is 0 Å². The van der Waals surface area contributed by atoms with Gasteiger partial charge in [0.15, 0.2) is 5.69 Å². The molecule has 0 aliphatic carbocycles. The minimum Gasteiger partial charge on any atom is -0.267 e. The van der Waals surface area contributed by atoms with Gasteiger partial charge in [-0.2, -0.15) is 5.10 Å². The normalized spacial score (nSPS) is 10.3. The van der Waals surface area contributed by atoms with Crippen LogP contribution >= 0.6 is 0 Å². The number of rotatable bonds is 4. The van der Waals surface area contributed by atoms with E-state index in [4.69, 9.17) is 6.42 Å². The van der Waals surface area contributed by atoms with Gasteiger partial charge in [0.2, 0.25) is 0 Å². The fourth-order valence-corrected chi connectivity index (χ4v) is 2.43. The average Bonchev–Trinajstić information content (AvgIpc) is 2.62. The highest BCUT2D eigenvalue weighted by atomic mass is 16.2. The zero-order valence-corrected chi connectivity index (χ0v) is 12.9. The molecule has 1 aromatic heterocycles. The molecule has 1 heterocycles. The van der Waals surface area contributed by atoms with E-state index >= 15 is 0 Å². The number of nitrogens with zero attached hydrogens (tertiary/aromatic N) is 3. The van der Waals surface area contributed by atoms with Gasteiger partial charge in [-0.25, -0.2) is 14.0 Å². The molecule has 0 unspecified atom stereocenters. The molecule has 0 atom stereocenters. The van der Waals surface area contributed by atoms with E-state index in [2.05, 4.69) is 11.0 Å². The first-order valence-corrected chi connectivity index (χ1v) is 7.45. The van der Waals surface area contributed by atoms with E-state index in [0.29, 0.717) is 5.56 Å². The summed E-state index contributed by atoms with van der Waals surface area (Å²) in [5.41, 5.74) is 0.781. The van der Waals surface area contributed by atoms with Crippen LogP contribution in [0.15, 0.2) is 70.3 Å². The molecular weight excluding hydrogens is 302 g/mol. The SMILES string of the molecule is C#CCn1c(=O)c(-c2ccccc2)nn(Cc2ccccc2)c1=O. The molecule has 0 aliphatic rings. The lowest BCUT2D eigenvalue weighted by Gasteiger charge is -2.10. The second-order valence-corrected chi connectivity index (χ2v) is 5.24. The van der Waals surface area contributed by atoms with E-state index in [9.17, 15) is 9.59 Å². The van der Waals surface area contributed by atoms with Crippen molar-refractivity contribution in [2.45, 2.75) is 13.1 Å². The van der Waals surface area contributed by atoms with Crippen LogP contribution in [0, 0.1) is 12.3 Å². The van der Waals surface area contributed by atoms with Crippen molar-refractivity contribution in [3.8, 4) is 23.6 Å². The molecule has 0 saturated carbocycles. The maximum atomic E-state index is 12.6. The quantitative estimate of drug-likeness (QED) is 0.689. The molecule has 0 radical (unpaired) electrons. The van der Waals surface area contributed by atoms with Crippen molar-refractivity contribution in [2.75, 3.05) is 0 Å². The third-order valence-corrected chi connectivity index (χ3v) is 3.59. The standard InChI is InChI=1S/C19H15N3O2/c1-2-13-21-18(23)17(16-11-7-4-8-12-16)20-22(19(21)24)14-15-9-5-3-6-10-15/h1,3-12H,13-14H2. The van der Waals surface area contributed by atoms with Gasteiger partial charge in [-0.05, 0) is 5.56 Å². The summed E-state index contributed by atoms with van der Waals surface area (Å²) in [5, 5.41) is 4.28. The Bertz CT molecular complexity index is 997. The second kappa shape index (κ2) is 6.80. The molecule has 0 N–H and O–H groups in total. The van der Waals surface area contributed by atoms with Crippen molar-refractivity contribution in [1.29, 1.82) is 0 Å². The molecule has 0 bridgehead atoms. The van der Waals surface area contributed by atoms with Crippen molar-refractivity contribution >= 4 is 0 Å². The van der Waals surface area contributed by atoms with E-state index in [1.807, 2.05) is 48.5 Å². The summed E-state index contributed by atoms with van der Waals surface area (Å²) >= 11 is 0. The Hall–Kier alpha value is -3.39. The smallest absolute Gasteiger partial charge is 0.267 e. The van der Waals surface area contributed by atoms with Crippen molar-refractivity contribution in [2.24, 2.45) is 0 Å². The Kier molecular flexibility index (Phi) is 4.39. The highest BCUT2D eigenvalue weighted by Crippen LogP contribution is 2.11. The lowest BCUT2D eigenvalue weighted by atomic mass is 10.2. The summed E-state index contributed by atoms with van der Waals surface area (Å²) in [5.74, 6) is 2.36. The maximum Gasteiger partial charge on any atom is 0.348 e. The molecule has 0 spiro atoms. The van der Waals surface area contributed by atoms with Gasteiger partial charge in [0.05, 0.1) is 13.1 Å². The van der Waals surface area contributed by atoms with Crippen LogP contribution in [0.3, 0.4) is 0 Å². The largest absolute Gasteiger partial charge is 0.348 e. The molecule has 5 nitrogen and oxygen atoms in total. The van der Waals surface area contributed by atoms with Gasteiger partial charge < -0.3 is 0 Å².